The number of aromatic nitrogens is 2. The van der Waals surface area contributed by atoms with Gasteiger partial charge in [-0.05, 0) is 12.5 Å². The van der Waals surface area contributed by atoms with E-state index < -0.39 is 0 Å². The number of halogens is 1. The first-order valence-electron chi connectivity index (χ1n) is 7.25. The van der Waals surface area contributed by atoms with Gasteiger partial charge in [0.2, 0.25) is 0 Å². The number of nitro groups is 1. The van der Waals surface area contributed by atoms with E-state index in [9.17, 15) is 10.1 Å². The van der Waals surface area contributed by atoms with Gasteiger partial charge < -0.3 is 4.74 Å². The molecule has 118 valence electrons. The largest absolute Gasteiger partial charge is 0.379 e. The van der Waals surface area contributed by atoms with Crippen molar-refractivity contribution < 1.29 is 9.66 Å². The minimum Gasteiger partial charge on any atom is -0.379 e. The van der Waals surface area contributed by atoms with E-state index in [-0.39, 0.29) is 10.6 Å². The van der Waals surface area contributed by atoms with Crippen molar-refractivity contribution >= 4 is 32.5 Å². The summed E-state index contributed by atoms with van der Waals surface area (Å²) < 4.78 is 7.87. The quantitative estimate of drug-likeness (QED) is 0.598. The number of fused-ring (bicyclic) bond motifs is 1. The van der Waals surface area contributed by atoms with Gasteiger partial charge >= 0.3 is 0 Å². The zero-order valence-corrected chi connectivity index (χ0v) is 13.7. The molecule has 0 atom stereocenters. The highest BCUT2D eigenvalue weighted by molar-refractivity contribution is 9.10. The molecule has 0 spiro atoms. The van der Waals surface area contributed by atoms with Crippen LogP contribution in [0.3, 0.4) is 0 Å². The van der Waals surface area contributed by atoms with Crippen molar-refractivity contribution in [3.8, 4) is 0 Å². The molecular weight excluding hydrogens is 352 g/mol. The van der Waals surface area contributed by atoms with Gasteiger partial charge in [-0.3, -0.25) is 19.7 Å². The standard InChI is InChI=1S/C14H17BrN4O3/c15-11-8-13-12(14(9-11)19(20)21)10-16-18(13)3-1-2-17-4-6-22-7-5-17/h8-10H,1-7H2. The summed E-state index contributed by atoms with van der Waals surface area (Å²) >= 11 is 3.33. The van der Waals surface area contributed by atoms with Gasteiger partial charge in [0.25, 0.3) is 5.69 Å². The van der Waals surface area contributed by atoms with Crippen molar-refractivity contribution in [3.05, 3.63) is 32.9 Å². The van der Waals surface area contributed by atoms with Crippen LogP contribution in [0.2, 0.25) is 0 Å². The van der Waals surface area contributed by atoms with Crippen LogP contribution >= 0.6 is 15.9 Å². The highest BCUT2D eigenvalue weighted by Crippen LogP contribution is 2.29. The van der Waals surface area contributed by atoms with Crippen molar-refractivity contribution in [2.75, 3.05) is 32.8 Å². The van der Waals surface area contributed by atoms with Crippen LogP contribution in [0.4, 0.5) is 5.69 Å². The summed E-state index contributed by atoms with van der Waals surface area (Å²) in [4.78, 5) is 13.1. The Morgan fingerprint density at radius 3 is 2.82 bits per heavy atom. The molecule has 1 aliphatic rings. The summed E-state index contributed by atoms with van der Waals surface area (Å²) in [5.41, 5.74) is 0.881. The molecule has 0 N–H and O–H groups in total. The number of ether oxygens (including phenoxy) is 1. The van der Waals surface area contributed by atoms with Gasteiger partial charge in [-0.2, -0.15) is 5.10 Å². The molecule has 22 heavy (non-hydrogen) atoms. The summed E-state index contributed by atoms with van der Waals surface area (Å²) in [6.07, 6.45) is 2.53. The summed E-state index contributed by atoms with van der Waals surface area (Å²) in [5.74, 6) is 0. The second-order valence-corrected chi connectivity index (χ2v) is 6.21. The molecule has 0 amide bonds. The number of aryl methyl sites for hydroxylation is 1. The average Bonchev–Trinajstić information content (AvgIpc) is 2.90. The summed E-state index contributed by atoms with van der Waals surface area (Å²) in [7, 11) is 0. The lowest BCUT2D eigenvalue weighted by atomic mass is 10.2. The van der Waals surface area contributed by atoms with Crippen LogP contribution < -0.4 is 0 Å². The maximum absolute atomic E-state index is 11.1. The third kappa shape index (κ3) is 3.29. The molecule has 1 aromatic carbocycles. The predicted octanol–water partition coefficient (Wildman–Crippen LogP) is 2.43. The molecule has 0 unspecified atom stereocenters. The number of morpholine rings is 1. The summed E-state index contributed by atoms with van der Waals surface area (Å²) in [5, 5.41) is 16.0. The Kier molecular flexibility index (Phi) is 4.70. The van der Waals surface area contributed by atoms with E-state index in [1.54, 1.807) is 6.20 Å². The van der Waals surface area contributed by atoms with Crippen LogP contribution in [0.25, 0.3) is 10.9 Å². The van der Waals surface area contributed by atoms with Crippen LogP contribution in [0.15, 0.2) is 22.8 Å². The average molecular weight is 369 g/mol. The van der Waals surface area contributed by atoms with Gasteiger partial charge in [0, 0.05) is 36.7 Å². The number of hydrogen-bond donors (Lipinski definition) is 0. The maximum Gasteiger partial charge on any atom is 0.281 e. The first-order valence-corrected chi connectivity index (χ1v) is 8.04. The highest BCUT2D eigenvalue weighted by Gasteiger charge is 2.17. The van der Waals surface area contributed by atoms with Gasteiger partial charge in [-0.1, -0.05) is 15.9 Å². The molecule has 3 rings (SSSR count). The lowest BCUT2D eigenvalue weighted by Gasteiger charge is -2.26. The van der Waals surface area contributed by atoms with Gasteiger partial charge in [0.1, 0.15) is 0 Å². The Bertz CT molecular complexity index is 682. The molecule has 7 nitrogen and oxygen atoms in total. The molecule has 0 bridgehead atoms. The molecule has 1 fully saturated rings. The van der Waals surface area contributed by atoms with E-state index in [2.05, 4.69) is 25.9 Å². The summed E-state index contributed by atoms with van der Waals surface area (Å²) in [6, 6.07) is 3.39. The second-order valence-electron chi connectivity index (χ2n) is 5.29. The molecule has 1 aromatic heterocycles. The van der Waals surface area contributed by atoms with Gasteiger partial charge in [0.05, 0.1) is 35.2 Å². The fourth-order valence-electron chi connectivity index (χ4n) is 2.72. The first-order chi connectivity index (χ1) is 10.6. The molecule has 1 saturated heterocycles. The Labute approximate surface area is 136 Å². The summed E-state index contributed by atoms with van der Waals surface area (Å²) in [6.45, 7) is 5.26. The zero-order valence-electron chi connectivity index (χ0n) is 12.1. The fraction of sp³-hybridized carbons (Fsp3) is 0.500. The van der Waals surface area contributed by atoms with E-state index in [4.69, 9.17) is 4.74 Å². The smallest absolute Gasteiger partial charge is 0.281 e. The van der Waals surface area contributed by atoms with Crippen molar-refractivity contribution in [1.82, 2.24) is 14.7 Å². The molecule has 8 heteroatoms. The molecular formula is C14H17BrN4O3. The van der Waals surface area contributed by atoms with Crippen molar-refractivity contribution in [3.63, 3.8) is 0 Å². The van der Waals surface area contributed by atoms with E-state index in [0.717, 1.165) is 51.3 Å². The van der Waals surface area contributed by atoms with Crippen LogP contribution in [-0.2, 0) is 11.3 Å². The Balaban J connectivity index is 1.72. The number of non-ortho nitro benzene ring substituents is 1. The minimum atomic E-state index is -0.368. The number of nitrogens with zero attached hydrogens (tertiary/aromatic N) is 4. The van der Waals surface area contributed by atoms with Crippen molar-refractivity contribution in [2.45, 2.75) is 13.0 Å². The monoisotopic (exact) mass is 368 g/mol. The van der Waals surface area contributed by atoms with E-state index >= 15 is 0 Å². The normalized spacial score (nSPS) is 16.2. The third-order valence-corrected chi connectivity index (χ3v) is 4.31. The SMILES string of the molecule is O=[N+]([O-])c1cc(Br)cc2c1cnn2CCCN1CCOCC1. The van der Waals surface area contributed by atoms with Gasteiger partial charge in [0.15, 0.2) is 0 Å². The van der Waals surface area contributed by atoms with Gasteiger partial charge in [-0.15, -0.1) is 0 Å². The highest BCUT2D eigenvalue weighted by atomic mass is 79.9. The predicted molar refractivity (Wildman–Crippen MR) is 86.0 cm³/mol. The molecule has 2 heterocycles. The van der Waals surface area contributed by atoms with Crippen molar-refractivity contribution in [1.29, 1.82) is 0 Å². The zero-order chi connectivity index (χ0) is 15.5. The van der Waals surface area contributed by atoms with Gasteiger partial charge in [-0.25, -0.2) is 0 Å². The third-order valence-electron chi connectivity index (χ3n) is 3.85. The maximum atomic E-state index is 11.1. The van der Waals surface area contributed by atoms with E-state index in [1.807, 2.05) is 10.7 Å². The van der Waals surface area contributed by atoms with Crippen LogP contribution in [0, 0.1) is 10.1 Å². The van der Waals surface area contributed by atoms with Crippen LogP contribution in [0.1, 0.15) is 6.42 Å². The number of rotatable bonds is 5. The van der Waals surface area contributed by atoms with E-state index in [1.165, 1.54) is 6.07 Å². The lowest BCUT2D eigenvalue weighted by Crippen LogP contribution is -2.37. The number of hydrogen-bond acceptors (Lipinski definition) is 5. The molecule has 0 radical (unpaired) electrons. The Morgan fingerprint density at radius 1 is 1.32 bits per heavy atom. The van der Waals surface area contributed by atoms with Crippen LogP contribution in [-0.4, -0.2) is 52.5 Å². The number of benzene rings is 1. The van der Waals surface area contributed by atoms with E-state index in [0.29, 0.717) is 9.86 Å². The number of nitro benzene ring substituents is 1. The Morgan fingerprint density at radius 2 is 2.09 bits per heavy atom. The molecule has 0 saturated carbocycles. The minimum absolute atomic E-state index is 0.0869. The Hall–Kier alpha value is -1.51. The lowest BCUT2D eigenvalue weighted by molar-refractivity contribution is -0.383. The first kappa shape index (κ1) is 15.4. The second kappa shape index (κ2) is 6.72. The molecule has 1 aliphatic heterocycles. The topological polar surface area (TPSA) is 73.4 Å². The fourth-order valence-corrected chi connectivity index (χ4v) is 3.16. The van der Waals surface area contributed by atoms with Crippen molar-refractivity contribution in [2.24, 2.45) is 0 Å². The molecule has 2 aromatic rings. The molecule has 0 aliphatic carbocycles. The van der Waals surface area contributed by atoms with Crippen LogP contribution in [0.5, 0.6) is 0 Å².